The van der Waals surface area contributed by atoms with Crippen LogP contribution in [-0.2, 0) is 11.3 Å². The topological polar surface area (TPSA) is 76.1 Å². The number of non-ortho nitro benzene ring substituents is 1. The van der Waals surface area contributed by atoms with Crippen LogP contribution in [0.3, 0.4) is 0 Å². The smallest absolute Gasteiger partial charge is 0.271 e. The summed E-state index contributed by atoms with van der Waals surface area (Å²) in [5, 5.41) is 13.5. The van der Waals surface area contributed by atoms with Crippen molar-refractivity contribution < 1.29 is 14.3 Å². The number of pyridine rings is 1. The van der Waals surface area contributed by atoms with Crippen molar-refractivity contribution in [1.29, 1.82) is 0 Å². The lowest BCUT2D eigenvalue weighted by Gasteiger charge is -2.08. The molecule has 6 heteroatoms. The summed E-state index contributed by atoms with van der Waals surface area (Å²) in [6.07, 6.45) is 6.05. The van der Waals surface area contributed by atoms with E-state index >= 15 is 0 Å². The third kappa shape index (κ3) is 5.18. The number of aromatic nitrogens is 1. The van der Waals surface area contributed by atoms with E-state index in [0.717, 1.165) is 24.9 Å². The van der Waals surface area contributed by atoms with Crippen molar-refractivity contribution in [3.8, 4) is 0 Å². The number of rotatable bonds is 7. The Morgan fingerprint density at radius 3 is 2.65 bits per heavy atom. The number of nitro groups is 1. The van der Waals surface area contributed by atoms with E-state index in [9.17, 15) is 14.9 Å². The molecule has 120 valence electrons. The molecule has 0 fully saturated rings. The van der Waals surface area contributed by atoms with Crippen LogP contribution in [0.15, 0.2) is 48.8 Å². The van der Waals surface area contributed by atoms with Crippen molar-refractivity contribution in [2.75, 3.05) is 5.32 Å². The Balaban J connectivity index is 1.81. The van der Waals surface area contributed by atoms with Crippen LogP contribution in [0.4, 0.5) is 11.4 Å². The van der Waals surface area contributed by atoms with E-state index in [2.05, 4.69) is 9.88 Å². The molecule has 0 spiro atoms. The van der Waals surface area contributed by atoms with Gasteiger partial charge in [-0.2, -0.15) is 0 Å². The molecule has 0 aliphatic rings. The highest BCUT2D eigenvalue weighted by Crippen LogP contribution is 2.22. The van der Waals surface area contributed by atoms with E-state index in [1.165, 1.54) is 12.1 Å². The molecule has 0 radical (unpaired) electrons. The number of carbonyl (C=O) groups is 1. The molecule has 0 unspecified atom stereocenters. The van der Waals surface area contributed by atoms with Gasteiger partial charge in [-0.05, 0) is 18.9 Å². The molecule has 6 nitrogen and oxygen atoms in total. The van der Waals surface area contributed by atoms with E-state index in [4.69, 9.17) is 0 Å². The Hall–Kier alpha value is -2.76. The minimum atomic E-state index is -0.466. The molecule has 0 aliphatic heterocycles. The highest BCUT2D eigenvalue weighted by atomic mass is 16.6. The van der Waals surface area contributed by atoms with Crippen LogP contribution >= 0.6 is 0 Å². The van der Waals surface area contributed by atoms with E-state index in [1.807, 2.05) is 37.5 Å². The van der Waals surface area contributed by atoms with E-state index in [0.29, 0.717) is 12.1 Å². The summed E-state index contributed by atoms with van der Waals surface area (Å²) >= 11 is 0. The van der Waals surface area contributed by atoms with Crippen LogP contribution in [0, 0.1) is 17.0 Å². The largest absolute Gasteiger partial charge is 0.326 e. The van der Waals surface area contributed by atoms with Crippen LogP contribution in [0.1, 0.15) is 24.8 Å². The summed E-state index contributed by atoms with van der Waals surface area (Å²) in [4.78, 5) is 22.3. The van der Waals surface area contributed by atoms with Gasteiger partial charge in [-0.15, -0.1) is 0 Å². The van der Waals surface area contributed by atoms with Gasteiger partial charge in [0.2, 0.25) is 5.91 Å². The van der Waals surface area contributed by atoms with Crippen LogP contribution in [-0.4, -0.2) is 10.8 Å². The van der Waals surface area contributed by atoms with Gasteiger partial charge in [0, 0.05) is 37.1 Å². The first-order valence-corrected chi connectivity index (χ1v) is 7.55. The summed E-state index contributed by atoms with van der Waals surface area (Å²) < 4.78 is 2.07. The lowest BCUT2D eigenvalue weighted by molar-refractivity contribution is -0.697. The number of anilines is 1. The van der Waals surface area contributed by atoms with Crippen LogP contribution in [0.2, 0.25) is 0 Å². The van der Waals surface area contributed by atoms with Gasteiger partial charge in [0.25, 0.3) is 5.69 Å². The summed E-state index contributed by atoms with van der Waals surface area (Å²) in [7, 11) is 0. The standard InChI is InChI=1S/C17H19N3O3/c1-14-8-9-15(20(22)23)13-16(14)18-17(21)7-3-6-12-19-10-4-2-5-11-19/h2,4-5,8-11,13H,3,6-7,12H2,1H3/p+1. The van der Waals surface area contributed by atoms with E-state index < -0.39 is 4.92 Å². The maximum atomic E-state index is 12.0. The van der Waals surface area contributed by atoms with Crippen molar-refractivity contribution in [2.24, 2.45) is 0 Å². The number of carbonyl (C=O) groups excluding carboxylic acids is 1. The van der Waals surface area contributed by atoms with Crippen molar-refractivity contribution in [2.45, 2.75) is 32.7 Å². The van der Waals surface area contributed by atoms with Gasteiger partial charge in [-0.25, -0.2) is 4.57 Å². The average Bonchev–Trinajstić information content (AvgIpc) is 2.54. The fourth-order valence-corrected chi connectivity index (χ4v) is 2.23. The van der Waals surface area contributed by atoms with E-state index in [1.54, 1.807) is 6.07 Å². The first-order valence-electron chi connectivity index (χ1n) is 7.55. The maximum Gasteiger partial charge on any atom is 0.271 e. The number of benzene rings is 1. The molecule has 23 heavy (non-hydrogen) atoms. The van der Waals surface area contributed by atoms with Crippen molar-refractivity contribution in [3.05, 3.63) is 64.5 Å². The minimum absolute atomic E-state index is 0.0219. The highest BCUT2D eigenvalue weighted by molar-refractivity contribution is 5.91. The SMILES string of the molecule is Cc1ccc([N+](=O)[O-])cc1NC(=O)CCCC[n+]1ccccc1. The van der Waals surface area contributed by atoms with Gasteiger partial charge >= 0.3 is 0 Å². The number of nitrogens with one attached hydrogen (secondary N) is 1. The lowest BCUT2D eigenvalue weighted by Crippen LogP contribution is -2.32. The van der Waals surface area contributed by atoms with Crippen LogP contribution in [0.5, 0.6) is 0 Å². The Bertz CT molecular complexity index is 687. The second-order valence-corrected chi connectivity index (χ2v) is 5.37. The molecule has 0 saturated carbocycles. The van der Waals surface area contributed by atoms with Gasteiger partial charge in [-0.1, -0.05) is 12.1 Å². The summed E-state index contributed by atoms with van der Waals surface area (Å²) in [6.45, 7) is 2.68. The van der Waals surface area contributed by atoms with Gasteiger partial charge in [-0.3, -0.25) is 14.9 Å². The van der Waals surface area contributed by atoms with Crippen molar-refractivity contribution >= 4 is 17.3 Å². The van der Waals surface area contributed by atoms with Gasteiger partial charge < -0.3 is 5.32 Å². The molecular formula is C17H20N3O3+. The fraction of sp³-hybridized carbons (Fsp3) is 0.294. The molecule has 1 heterocycles. The quantitative estimate of drug-likeness (QED) is 0.369. The first kappa shape index (κ1) is 16.6. The summed E-state index contributed by atoms with van der Waals surface area (Å²) in [5.74, 6) is -0.119. The molecule has 1 N–H and O–H groups in total. The molecular weight excluding hydrogens is 294 g/mol. The number of unbranched alkanes of at least 4 members (excludes halogenated alkanes) is 1. The van der Waals surface area contributed by atoms with E-state index in [-0.39, 0.29) is 11.6 Å². The fourth-order valence-electron chi connectivity index (χ4n) is 2.23. The Kier molecular flexibility index (Phi) is 5.80. The predicted octanol–water partition coefficient (Wildman–Crippen LogP) is 3.00. The number of nitrogens with zero attached hydrogens (tertiary/aromatic N) is 2. The highest BCUT2D eigenvalue weighted by Gasteiger charge is 2.11. The zero-order valence-corrected chi connectivity index (χ0v) is 13.1. The first-order chi connectivity index (χ1) is 11.1. The number of hydrogen-bond donors (Lipinski definition) is 1. The minimum Gasteiger partial charge on any atom is -0.326 e. The zero-order chi connectivity index (χ0) is 16.7. The molecule has 2 aromatic rings. The van der Waals surface area contributed by atoms with Crippen molar-refractivity contribution in [1.82, 2.24) is 0 Å². The monoisotopic (exact) mass is 314 g/mol. The predicted molar refractivity (Wildman–Crippen MR) is 87.0 cm³/mol. The Morgan fingerprint density at radius 1 is 1.22 bits per heavy atom. The van der Waals surface area contributed by atoms with Crippen LogP contribution in [0.25, 0.3) is 0 Å². The second kappa shape index (κ2) is 8.03. The molecule has 0 saturated heterocycles. The van der Waals surface area contributed by atoms with Gasteiger partial charge in [0.15, 0.2) is 12.4 Å². The maximum absolute atomic E-state index is 12.0. The number of aryl methyl sites for hydroxylation is 2. The van der Waals surface area contributed by atoms with Crippen molar-refractivity contribution in [3.63, 3.8) is 0 Å². The number of hydrogen-bond acceptors (Lipinski definition) is 3. The summed E-state index contributed by atoms with van der Waals surface area (Å²) in [5.41, 5.74) is 1.29. The normalized spacial score (nSPS) is 10.3. The zero-order valence-electron chi connectivity index (χ0n) is 13.1. The molecule has 1 aromatic carbocycles. The average molecular weight is 314 g/mol. The summed E-state index contributed by atoms with van der Waals surface area (Å²) in [6, 6.07) is 10.4. The molecule has 0 atom stereocenters. The molecule has 0 aliphatic carbocycles. The number of amides is 1. The Labute approximate surface area is 134 Å². The molecule has 1 amide bonds. The van der Waals surface area contributed by atoms with Crippen LogP contribution < -0.4 is 9.88 Å². The second-order valence-electron chi connectivity index (χ2n) is 5.37. The molecule has 2 rings (SSSR count). The lowest BCUT2D eigenvalue weighted by atomic mass is 10.1. The molecule has 0 bridgehead atoms. The van der Waals surface area contributed by atoms with Gasteiger partial charge in [0.05, 0.1) is 10.6 Å². The van der Waals surface area contributed by atoms with Gasteiger partial charge in [0.1, 0.15) is 6.54 Å². The number of nitro benzene ring substituents is 1. The third-order valence-corrected chi connectivity index (χ3v) is 3.55. The Morgan fingerprint density at radius 2 is 1.96 bits per heavy atom. The third-order valence-electron chi connectivity index (χ3n) is 3.55. The molecule has 1 aromatic heterocycles.